The molecule has 2 aliphatic rings. The van der Waals surface area contributed by atoms with Crippen molar-refractivity contribution in [2.45, 2.75) is 44.2 Å². The van der Waals surface area contributed by atoms with Crippen LogP contribution in [0.1, 0.15) is 30.6 Å². The van der Waals surface area contributed by atoms with E-state index in [1.807, 2.05) is 0 Å². The molecule has 0 aromatic carbocycles. The fourth-order valence-corrected chi connectivity index (χ4v) is 3.05. The summed E-state index contributed by atoms with van der Waals surface area (Å²) in [5.41, 5.74) is 3.89. The van der Waals surface area contributed by atoms with Crippen molar-refractivity contribution in [3.8, 4) is 0 Å². The van der Waals surface area contributed by atoms with Crippen molar-refractivity contribution in [3.05, 3.63) is 27.4 Å². The minimum Gasteiger partial charge on any atom is -0.394 e. The number of ether oxygens (including phenoxy) is 3. The van der Waals surface area contributed by atoms with Gasteiger partial charge in [-0.2, -0.15) is 0 Å². The first-order valence-corrected chi connectivity index (χ1v) is 7.32. The Balaban J connectivity index is 2.05. The van der Waals surface area contributed by atoms with E-state index in [1.54, 1.807) is 13.8 Å². The lowest BCUT2D eigenvalue weighted by atomic mass is 10.1. The highest BCUT2D eigenvalue weighted by atomic mass is 35.5. The van der Waals surface area contributed by atoms with Crippen LogP contribution >= 0.6 is 11.6 Å². The molecule has 0 unspecified atom stereocenters. The van der Waals surface area contributed by atoms with Gasteiger partial charge in [-0.3, -0.25) is 14.2 Å². The second-order valence-electron chi connectivity index (χ2n) is 5.80. The lowest BCUT2D eigenvalue weighted by Crippen LogP contribution is -2.37. The van der Waals surface area contributed by atoms with Crippen molar-refractivity contribution in [1.82, 2.24) is 9.55 Å². The van der Waals surface area contributed by atoms with Crippen molar-refractivity contribution in [1.29, 1.82) is 0 Å². The van der Waals surface area contributed by atoms with Crippen LogP contribution in [-0.4, -0.2) is 51.3 Å². The Hall–Kier alpha value is -1.52. The average molecular weight is 346 g/mol. The van der Waals surface area contributed by atoms with Gasteiger partial charge in [0, 0.05) is 6.20 Å². The maximum Gasteiger partial charge on any atom is 0.284 e. The van der Waals surface area contributed by atoms with Gasteiger partial charge < -0.3 is 25.1 Å². The van der Waals surface area contributed by atoms with Crippen LogP contribution in [0.4, 0.5) is 0 Å². The lowest BCUT2D eigenvalue weighted by molar-refractivity contribution is -0.200. The van der Waals surface area contributed by atoms with Crippen molar-refractivity contribution in [3.63, 3.8) is 0 Å². The maximum absolute atomic E-state index is 12.4. The fraction of sp³-hybridized carbons (Fsp3) is 0.615. The smallest absolute Gasteiger partial charge is 0.284 e. The minimum absolute atomic E-state index is 0.0934. The fourth-order valence-electron chi connectivity index (χ4n) is 2.86. The molecular formula is C13H16ClN3O6. The average Bonchev–Trinajstić information content (AvgIpc) is 2.93. The van der Waals surface area contributed by atoms with Gasteiger partial charge in [0.1, 0.15) is 23.5 Å². The minimum atomic E-state index is -0.997. The van der Waals surface area contributed by atoms with E-state index in [9.17, 15) is 14.7 Å². The van der Waals surface area contributed by atoms with Gasteiger partial charge in [0.2, 0.25) is 0 Å². The van der Waals surface area contributed by atoms with E-state index in [4.69, 9.17) is 31.5 Å². The summed E-state index contributed by atoms with van der Waals surface area (Å²) in [5.74, 6) is -1.89. The van der Waals surface area contributed by atoms with Gasteiger partial charge in [0.15, 0.2) is 17.7 Å². The number of nitrogens with two attached hydrogens (primary N) is 1. The molecule has 23 heavy (non-hydrogen) atoms. The van der Waals surface area contributed by atoms with Crippen LogP contribution in [0.5, 0.6) is 0 Å². The monoisotopic (exact) mass is 345 g/mol. The number of hydrogen-bond donors (Lipinski definition) is 2. The van der Waals surface area contributed by atoms with Crippen LogP contribution in [0.15, 0.2) is 11.0 Å². The maximum atomic E-state index is 12.4. The number of primary amides is 1. The molecule has 1 amide bonds. The normalized spacial score (nSPS) is 32.0. The highest BCUT2D eigenvalue weighted by Gasteiger charge is 2.56. The Bertz CT molecular complexity index is 705. The molecule has 4 atom stereocenters. The van der Waals surface area contributed by atoms with Crippen molar-refractivity contribution in [2.75, 3.05) is 6.61 Å². The molecule has 1 aromatic heterocycles. The van der Waals surface area contributed by atoms with Crippen molar-refractivity contribution in [2.24, 2.45) is 5.73 Å². The molecule has 3 heterocycles. The highest BCUT2D eigenvalue weighted by Crippen LogP contribution is 2.42. The van der Waals surface area contributed by atoms with E-state index in [1.165, 1.54) is 6.20 Å². The Labute approximate surface area is 135 Å². The number of hydrogen-bond acceptors (Lipinski definition) is 7. The summed E-state index contributed by atoms with van der Waals surface area (Å²) in [4.78, 5) is 27.4. The second kappa shape index (κ2) is 5.53. The van der Waals surface area contributed by atoms with E-state index in [-0.39, 0.29) is 11.8 Å². The molecule has 0 bridgehead atoms. The summed E-state index contributed by atoms with van der Waals surface area (Å²) < 4.78 is 18.2. The van der Waals surface area contributed by atoms with Crippen molar-refractivity contribution < 1.29 is 24.1 Å². The van der Waals surface area contributed by atoms with Gasteiger partial charge in [-0.1, -0.05) is 11.6 Å². The lowest BCUT2D eigenvalue weighted by Gasteiger charge is -2.24. The molecule has 10 heteroatoms. The molecule has 0 radical (unpaired) electrons. The van der Waals surface area contributed by atoms with Crippen LogP contribution in [-0.2, 0) is 14.2 Å². The van der Waals surface area contributed by atoms with E-state index < -0.39 is 47.5 Å². The first kappa shape index (κ1) is 16.3. The molecule has 3 N–H and O–H groups in total. The molecule has 126 valence electrons. The molecule has 9 nitrogen and oxygen atoms in total. The summed E-state index contributed by atoms with van der Waals surface area (Å²) in [6, 6.07) is 0. The third-order valence-electron chi connectivity index (χ3n) is 3.71. The molecule has 2 fully saturated rings. The zero-order valence-electron chi connectivity index (χ0n) is 12.4. The van der Waals surface area contributed by atoms with Crippen LogP contribution in [0.2, 0.25) is 5.15 Å². The zero-order chi connectivity index (χ0) is 16.9. The quantitative estimate of drug-likeness (QED) is 0.749. The van der Waals surface area contributed by atoms with Crippen LogP contribution in [0.3, 0.4) is 0 Å². The number of carbonyl (C=O) groups excluding carboxylic acids is 1. The summed E-state index contributed by atoms with van der Waals surface area (Å²) in [7, 11) is 0. The zero-order valence-corrected chi connectivity index (χ0v) is 13.2. The molecule has 2 saturated heterocycles. The van der Waals surface area contributed by atoms with E-state index in [0.29, 0.717) is 0 Å². The highest BCUT2D eigenvalue weighted by molar-refractivity contribution is 6.29. The standard InChI is InChI=1S/C13H16ClN3O6/c1-13(2)22-8-5(4-18)21-12(9(8)23-13)17-3-6(14)16-7(10(15)19)11(17)20/h3,5,8-9,12,18H,4H2,1-2H3,(H2,15,19)/t5-,8-,9-,12-/m1/s1. The predicted molar refractivity (Wildman–Crippen MR) is 76.8 cm³/mol. The SMILES string of the molecule is CC1(C)O[C@@H]2[C@H](O1)[C@@H](CO)O[C@H]2n1cc(Cl)nc(C(N)=O)c1=O. The van der Waals surface area contributed by atoms with Gasteiger partial charge in [-0.05, 0) is 13.8 Å². The van der Waals surface area contributed by atoms with E-state index in [0.717, 1.165) is 4.57 Å². The van der Waals surface area contributed by atoms with Crippen molar-refractivity contribution >= 4 is 17.5 Å². The third kappa shape index (κ3) is 2.74. The van der Waals surface area contributed by atoms with Crippen LogP contribution in [0.25, 0.3) is 0 Å². The Kier molecular flexibility index (Phi) is 3.93. The first-order valence-electron chi connectivity index (χ1n) is 6.94. The number of amides is 1. The van der Waals surface area contributed by atoms with Crippen LogP contribution in [0, 0.1) is 0 Å². The number of fused-ring (bicyclic) bond motifs is 1. The molecule has 0 aliphatic carbocycles. The first-order chi connectivity index (χ1) is 10.7. The molecule has 3 rings (SSSR count). The summed E-state index contributed by atoms with van der Waals surface area (Å²) in [6.45, 7) is 3.12. The molecule has 0 spiro atoms. The third-order valence-corrected chi connectivity index (χ3v) is 3.90. The van der Waals surface area contributed by atoms with E-state index in [2.05, 4.69) is 4.98 Å². The predicted octanol–water partition coefficient (Wildman–Crippen LogP) is -0.595. The number of carbonyl (C=O) groups is 1. The second-order valence-corrected chi connectivity index (χ2v) is 6.19. The number of nitrogens with zero attached hydrogens (tertiary/aromatic N) is 2. The number of rotatable bonds is 3. The molecule has 1 aromatic rings. The Morgan fingerprint density at radius 2 is 2.13 bits per heavy atom. The largest absolute Gasteiger partial charge is 0.394 e. The number of aliphatic hydroxyl groups is 1. The Morgan fingerprint density at radius 3 is 2.74 bits per heavy atom. The number of halogens is 1. The van der Waals surface area contributed by atoms with Gasteiger partial charge in [0.05, 0.1) is 6.61 Å². The van der Waals surface area contributed by atoms with Gasteiger partial charge >= 0.3 is 0 Å². The Morgan fingerprint density at radius 1 is 1.48 bits per heavy atom. The van der Waals surface area contributed by atoms with Crippen LogP contribution < -0.4 is 11.3 Å². The number of aliphatic hydroxyl groups excluding tert-OH is 1. The molecular weight excluding hydrogens is 330 g/mol. The van der Waals surface area contributed by atoms with Gasteiger partial charge in [-0.25, -0.2) is 4.98 Å². The summed E-state index contributed by atoms with van der Waals surface area (Å²) in [6.07, 6.45) is -1.59. The summed E-state index contributed by atoms with van der Waals surface area (Å²) in [5, 5.41) is 9.36. The van der Waals surface area contributed by atoms with Gasteiger partial charge in [0.25, 0.3) is 11.5 Å². The van der Waals surface area contributed by atoms with E-state index >= 15 is 0 Å². The molecule has 2 aliphatic heterocycles. The van der Waals surface area contributed by atoms with Gasteiger partial charge in [-0.15, -0.1) is 0 Å². The molecule has 0 saturated carbocycles. The summed E-state index contributed by atoms with van der Waals surface area (Å²) >= 11 is 5.86. The topological polar surface area (TPSA) is 126 Å². The number of aromatic nitrogens is 2.